The number of methoxy groups -OCH3 is 1. The summed E-state index contributed by atoms with van der Waals surface area (Å²) in [5, 5.41) is 9.45. The Morgan fingerprint density at radius 3 is 2.72 bits per heavy atom. The minimum Gasteiger partial charge on any atom is -0.481 e. The Hall–Kier alpha value is -1.46. The number of hydrogen-bond donors (Lipinski definition) is 2. The van der Waals surface area contributed by atoms with Crippen molar-refractivity contribution >= 4 is 5.97 Å². The van der Waals surface area contributed by atoms with Crippen molar-refractivity contribution in [3.63, 3.8) is 0 Å². The Balaban J connectivity index is 3.22. The van der Waals surface area contributed by atoms with Gasteiger partial charge in [-0.3, -0.25) is 4.79 Å². The van der Waals surface area contributed by atoms with E-state index in [1.54, 1.807) is 13.0 Å². The van der Waals surface area contributed by atoms with Gasteiger partial charge in [-0.05, 0) is 31.0 Å². The molecule has 100 valence electrons. The van der Waals surface area contributed by atoms with Gasteiger partial charge in [0.1, 0.15) is 11.2 Å². The average Bonchev–Trinajstić information content (AvgIpc) is 2.35. The number of halogens is 1. The summed E-state index contributed by atoms with van der Waals surface area (Å²) in [6, 6.07) is 5.54. The molecule has 2 atom stereocenters. The quantitative estimate of drug-likeness (QED) is 0.808. The lowest BCUT2D eigenvalue weighted by atomic mass is 9.76. The normalized spacial score (nSPS) is 16.0. The van der Waals surface area contributed by atoms with Crippen LogP contribution in [0.2, 0.25) is 0 Å². The SMILES string of the molecule is COC(C)CC(CN)(C(=O)O)c1cccc(F)c1. The summed E-state index contributed by atoms with van der Waals surface area (Å²) >= 11 is 0. The van der Waals surface area contributed by atoms with Gasteiger partial charge in [-0.25, -0.2) is 4.39 Å². The maximum absolute atomic E-state index is 13.3. The standard InChI is InChI=1S/C13H18FNO3/c1-9(18-2)7-13(8-15,12(16)17)10-4-3-5-11(14)6-10/h3-6,9H,7-8,15H2,1-2H3,(H,16,17). The molecule has 3 N–H and O–H groups in total. The number of carbonyl (C=O) groups is 1. The Kier molecular flexibility index (Phi) is 4.81. The highest BCUT2D eigenvalue weighted by molar-refractivity contribution is 5.81. The molecule has 0 radical (unpaired) electrons. The topological polar surface area (TPSA) is 72.5 Å². The highest BCUT2D eigenvalue weighted by atomic mass is 19.1. The molecule has 5 heteroatoms. The van der Waals surface area contributed by atoms with Crippen LogP contribution in [0.5, 0.6) is 0 Å². The fourth-order valence-corrected chi connectivity index (χ4v) is 1.98. The number of aliphatic carboxylic acids is 1. The zero-order chi connectivity index (χ0) is 13.8. The van der Waals surface area contributed by atoms with E-state index in [-0.39, 0.29) is 19.1 Å². The zero-order valence-electron chi connectivity index (χ0n) is 10.5. The number of nitrogens with two attached hydrogens (primary N) is 1. The van der Waals surface area contributed by atoms with Crippen LogP contribution in [0.25, 0.3) is 0 Å². The Morgan fingerprint density at radius 1 is 1.61 bits per heavy atom. The third-order valence-electron chi connectivity index (χ3n) is 3.17. The molecule has 0 aromatic heterocycles. The van der Waals surface area contributed by atoms with E-state index in [4.69, 9.17) is 10.5 Å². The van der Waals surface area contributed by atoms with Crippen molar-refractivity contribution in [3.8, 4) is 0 Å². The van der Waals surface area contributed by atoms with E-state index in [9.17, 15) is 14.3 Å². The lowest BCUT2D eigenvalue weighted by Crippen LogP contribution is -2.45. The molecule has 1 aromatic rings. The van der Waals surface area contributed by atoms with Crippen molar-refractivity contribution < 1.29 is 19.0 Å². The summed E-state index contributed by atoms with van der Waals surface area (Å²) in [6.07, 6.45) is -0.0911. The molecule has 0 amide bonds. The second kappa shape index (κ2) is 5.93. The first-order valence-electron chi connectivity index (χ1n) is 5.68. The first-order valence-corrected chi connectivity index (χ1v) is 5.68. The van der Waals surface area contributed by atoms with Crippen molar-refractivity contribution in [3.05, 3.63) is 35.6 Å². The van der Waals surface area contributed by atoms with Crippen LogP contribution in [0.15, 0.2) is 24.3 Å². The van der Waals surface area contributed by atoms with Crippen molar-refractivity contribution in [2.45, 2.75) is 24.9 Å². The largest absolute Gasteiger partial charge is 0.481 e. The summed E-state index contributed by atoms with van der Waals surface area (Å²) in [5.41, 5.74) is 4.68. The molecule has 0 bridgehead atoms. The van der Waals surface area contributed by atoms with Gasteiger partial charge in [-0.15, -0.1) is 0 Å². The number of rotatable bonds is 6. The predicted molar refractivity (Wildman–Crippen MR) is 65.9 cm³/mol. The van der Waals surface area contributed by atoms with Gasteiger partial charge in [-0.1, -0.05) is 12.1 Å². The van der Waals surface area contributed by atoms with Gasteiger partial charge in [0, 0.05) is 13.7 Å². The number of carboxylic acids is 1. The van der Waals surface area contributed by atoms with Crippen molar-refractivity contribution in [2.75, 3.05) is 13.7 Å². The average molecular weight is 255 g/mol. The van der Waals surface area contributed by atoms with Gasteiger partial charge in [0.15, 0.2) is 0 Å². The summed E-state index contributed by atoms with van der Waals surface area (Å²) in [4.78, 5) is 11.6. The number of hydrogen-bond acceptors (Lipinski definition) is 3. The van der Waals surface area contributed by atoms with Crippen LogP contribution < -0.4 is 5.73 Å². The third-order valence-corrected chi connectivity index (χ3v) is 3.17. The summed E-state index contributed by atoms with van der Waals surface area (Å²) in [7, 11) is 1.50. The molecule has 2 unspecified atom stereocenters. The first kappa shape index (κ1) is 14.6. The van der Waals surface area contributed by atoms with Crippen LogP contribution >= 0.6 is 0 Å². The molecule has 0 aliphatic carbocycles. The van der Waals surface area contributed by atoms with Gasteiger partial charge in [0.25, 0.3) is 0 Å². The van der Waals surface area contributed by atoms with Crippen molar-refractivity contribution in [2.24, 2.45) is 5.73 Å². The predicted octanol–water partition coefficient (Wildman–Crippen LogP) is 1.53. The maximum atomic E-state index is 13.3. The van der Waals surface area contributed by atoms with Gasteiger partial charge in [0.05, 0.1) is 6.10 Å². The fraction of sp³-hybridized carbons (Fsp3) is 0.462. The van der Waals surface area contributed by atoms with Crippen molar-refractivity contribution in [1.29, 1.82) is 0 Å². The number of carboxylic acid groups (broad SMARTS) is 1. The Morgan fingerprint density at radius 2 is 2.28 bits per heavy atom. The van der Waals surface area contributed by atoms with Crippen LogP contribution in [-0.4, -0.2) is 30.8 Å². The van der Waals surface area contributed by atoms with E-state index in [2.05, 4.69) is 0 Å². The minimum absolute atomic E-state index is 0.112. The van der Waals surface area contributed by atoms with Gasteiger partial charge in [0.2, 0.25) is 0 Å². The van der Waals surface area contributed by atoms with Crippen LogP contribution in [0.1, 0.15) is 18.9 Å². The molecule has 0 saturated carbocycles. The highest BCUT2D eigenvalue weighted by Gasteiger charge is 2.40. The second-order valence-electron chi connectivity index (χ2n) is 4.35. The lowest BCUT2D eigenvalue weighted by Gasteiger charge is -2.30. The molecule has 0 saturated heterocycles. The first-order chi connectivity index (χ1) is 8.46. The van der Waals surface area contributed by atoms with Gasteiger partial charge < -0.3 is 15.6 Å². The molecule has 0 aliphatic heterocycles. The molecule has 0 fully saturated rings. The number of ether oxygens (including phenoxy) is 1. The Labute approximate surface area is 106 Å². The molecular weight excluding hydrogens is 237 g/mol. The van der Waals surface area contributed by atoms with E-state index in [0.29, 0.717) is 5.56 Å². The summed E-state index contributed by atoms with van der Waals surface area (Å²) in [6.45, 7) is 1.64. The molecule has 18 heavy (non-hydrogen) atoms. The molecule has 0 spiro atoms. The fourth-order valence-electron chi connectivity index (χ4n) is 1.98. The van der Waals surface area contributed by atoms with Crippen LogP contribution in [0.4, 0.5) is 4.39 Å². The highest BCUT2D eigenvalue weighted by Crippen LogP contribution is 2.30. The van der Waals surface area contributed by atoms with Crippen LogP contribution in [0.3, 0.4) is 0 Å². The summed E-state index contributed by atoms with van der Waals surface area (Å²) in [5.74, 6) is -1.55. The van der Waals surface area contributed by atoms with E-state index >= 15 is 0 Å². The van der Waals surface area contributed by atoms with E-state index in [1.165, 1.54) is 25.3 Å². The third kappa shape index (κ3) is 2.86. The van der Waals surface area contributed by atoms with E-state index < -0.39 is 17.2 Å². The minimum atomic E-state index is -1.32. The second-order valence-corrected chi connectivity index (χ2v) is 4.35. The van der Waals surface area contributed by atoms with Crippen LogP contribution in [0, 0.1) is 5.82 Å². The Bertz CT molecular complexity index is 424. The van der Waals surface area contributed by atoms with E-state index in [0.717, 1.165) is 0 Å². The molecule has 1 aromatic carbocycles. The zero-order valence-corrected chi connectivity index (χ0v) is 10.5. The van der Waals surface area contributed by atoms with E-state index in [1.807, 2.05) is 0 Å². The summed E-state index contributed by atoms with van der Waals surface area (Å²) < 4.78 is 18.3. The molecular formula is C13H18FNO3. The molecule has 0 heterocycles. The molecule has 1 rings (SSSR count). The monoisotopic (exact) mass is 255 g/mol. The molecule has 0 aliphatic rings. The number of benzene rings is 1. The lowest BCUT2D eigenvalue weighted by molar-refractivity contribution is -0.145. The maximum Gasteiger partial charge on any atom is 0.315 e. The van der Waals surface area contributed by atoms with Crippen LogP contribution in [-0.2, 0) is 14.9 Å². The smallest absolute Gasteiger partial charge is 0.315 e. The van der Waals surface area contributed by atoms with Gasteiger partial charge in [-0.2, -0.15) is 0 Å². The van der Waals surface area contributed by atoms with Crippen molar-refractivity contribution in [1.82, 2.24) is 0 Å². The molecule has 4 nitrogen and oxygen atoms in total. The van der Waals surface area contributed by atoms with Gasteiger partial charge >= 0.3 is 5.97 Å².